The van der Waals surface area contributed by atoms with E-state index < -0.39 is 0 Å². The topological polar surface area (TPSA) is 49.6 Å². The molecule has 13 heavy (non-hydrogen) atoms. The molecule has 0 saturated carbocycles. The smallest absolute Gasteiger partial charge is 0.238 e. The van der Waals surface area contributed by atoms with Crippen molar-refractivity contribution in [1.29, 1.82) is 0 Å². The SMILES string of the molecule is C[C@@H](N)C(=O)N(C)CCCN(C)C. The Morgan fingerprint density at radius 1 is 1.31 bits per heavy atom. The zero-order valence-corrected chi connectivity index (χ0v) is 9.08. The number of hydrogen-bond acceptors (Lipinski definition) is 3. The van der Waals surface area contributed by atoms with Gasteiger partial charge in [0.25, 0.3) is 0 Å². The minimum absolute atomic E-state index is 0.0127. The number of amides is 1. The summed E-state index contributed by atoms with van der Waals surface area (Å²) in [7, 11) is 5.84. The third-order valence-electron chi connectivity index (χ3n) is 1.86. The van der Waals surface area contributed by atoms with Crippen molar-refractivity contribution < 1.29 is 4.79 Å². The monoisotopic (exact) mass is 187 g/mol. The first-order valence-electron chi connectivity index (χ1n) is 4.60. The van der Waals surface area contributed by atoms with Crippen LogP contribution in [0, 0.1) is 0 Å². The van der Waals surface area contributed by atoms with E-state index in [0.717, 1.165) is 19.5 Å². The largest absolute Gasteiger partial charge is 0.344 e. The number of carbonyl (C=O) groups is 1. The third kappa shape index (κ3) is 5.60. The maximum absolute atomic E-state index is 11.3. The van der Waals surface area contributed by atoms with Crippen LogP contribution in [-0.4, -0.2) is 56.0 Å². The molecule has 1 amide bonds. The lowest BCUT2D eigenvalue weighted by molar-refractivity contribution is -0.130. The first kappa shape index (κ1) is 12.4. The molecule has 0 aliphatic rings. The summed E-state index contributed by atoms with van der Waals surface area (Å²) < 4.78 is 0. The molecule has 0 unspecified atom stereocenters. The summed E-state index contributed by atoms with van der Waals surface area (Å²) in [6.07, 6.45) is 0.988. The Labute approximate surface area is 80.7 Å². The van der Waals surface area contributed by atoms with E-state index in [9.17, 15) is 4.79 Å². The summed E-state index contributed by atoms with van der Waals surface area (Å²) in [6, 6.07) is -0.385. The number of likely N-dealkylation sites (N-methyl/N-ethyl adjacent to an activating group) is 1. The highest BCUT2D eigenvalue weighted by Gasteiger charge is 2.12. The highest BCUT2D eigenvalue weighted by Crippen LogP contribution is 1.92. The average molecular weight is 187 g/mol. The van der Waals surface area contributed by atoms with E-state index in [1.54, 1.807) is 18.9 Å². The summed E-state index contributed by atoms with van der Waals surface area (Å²) in [5, 5.41) is 0. The van der Waals surface area contributed by atoms with Crippen LogP contribution < -0.4 is 5.73 Å². The predicted octanol–water partition coefficient (Wildman–Crippen LogP) is -0.256. The zero-order valence-electron chi connectivity index (χ0n) is 9.08. The van der Waals surface area contributed by atoms with Gasteiger partial charge in [0.15, 0.2) is 0 Å². The van der Waals surface area contributed by atoms with Crippen LogP contribution in [0.5, 0.6) is 0 Å². The first-order chi connectivity index (χ1) is 5.95. The fourth-order valence-electron chi connectivity index (χ4n) is 1.08. The maximum Gasteiger partial charge on any atom is 0.238 e. The molecular formula is C9H21N3O. The Morgan fingerprint density at radius 3 is 2.23 bits per heavy atom. The minimum Gasteiger partial charge on any atom is -0.344 e. The van der Waals surface area contributed by atoms with Gasteiger partial charge >= 0.3 is 0 Å². The molecule has 0 saturated heterocycles. The number of hydrogen-bond donors (Lipinski definition) is 1. The van der Waals surface area contributed by atoms with E-state index in [2.05, 4.69) is 4.90 Å². The van der Waals surface area contributed by atoms with Crippen molar-refractivity contribution >= 4 is 5.91 Å². The van der Waals surface area contributed by atoms with Gasteiger partial charge in [-0.05, 0) is 34.0 Å². The summed E-state index contributed by atoms with van der Waals surface area (Å²) in [4.78, 5) is 15.1. The van der Waals surface area contributed by atoms with Gasteiger partial charge in [0.05, 0.1) is 6.04 Å². The Balaban J connectivity index is 3.62. The second-order valence-electron chi connectivity index (χ2n) is 3.71. The summed E-state index contributed by atoms with van der Waals surface area (Å²) >= 11 is 0. The van der Waals surface area contributed by atoms with Crippen molar-refractivity contribution in [2.75, 3.05) is 34.2 Å². The van der Waals surface area contributed by atoms with Crippen LogP contribution in [0.4, 0.5) is 0 Å². The van der Waals surface area contributed by atoms with Gasteiger partial charge in [-0.15, -0.1) is 0 Å². The molecule has 0 rings (SSSR count). The van der Waals surface area contributed by atoms with Crippen LogP contribution in [0.3, 0.4) is 0 Å². The lowest BCUT2D eigenvalue weighted by Gasteiger charge is -2.20. The van der Waals surface area contributed by atoms with Crippen LogP contribution in [0.25, 0.3) is 0 Å². The highest BCUT2D eigenvalue weighted by molar-refractivity contribution is 5.80. The Morgan fingerprint density at radius 2 is 1.85 bits per heavy atom. The fourth-order valence-corrected chi connectivity index (χ4v) is 1.08. The zero-order chi connectivity index (χ0) is 10.4. The molecular weight excluding hydrogens is 166 g/mol. The summed E-state index contributed by atoms with van der Waals surface area (Å²) in [6.45, 7) is 3.49. The molecule has 4 nitrogen and oxygen atoms in total. The van der Waals surface area contributed by atoms with Crippen molar-refractivity contribution in [3.63, 3.8) is 0 Å². The van der Waals surface area contributed by atoms with Crippen LogP contribution in [0.15, 0.2) is 0 Å². The molecule has 0 fully saturated rings. The van der Waals surface area contributed by atoms with Crippen LogP contribution in [-0.2, 0) is 4.79 Å². The standard InChI is InChI=1S/C9H21N3O/c1-8(10)9(13)12(4)7-5-6-11(2)3/h8H,5-7,10H2,1-4H3/t8-/m1/s1. The van der Waals surface area contributed by atoms with Crippen molar-refractivity contribution in [2.24, 2.45) is 5.73 Å². The van der Waals surface area contributed by atoms with Crippen molar-refractivity contribution in [3.05, 3.63) is 0 Å². The number of nitrogens with two attached hydrogens (primary N) is 1. The van der Waals surface area contributed by atoms with E-state index >= 15 is 0 Å². The first-order valence-corrected chi connectivity index (χ1v) is 4.60. The number of rotatable bonds is 5. The molecule has 2 N–H and O–H groups in total. The van der Waals surface area contributed by atoms with Crippen LogP contribution in [0.2, 0.25) is 0 Å². The molecule has 0 aliphatic heterocycles. The van der Waals surface area contributed by atoms with Gasteiger partial charge in [0.1, 0.15) is 0 Å². The molecule has 0 spiro atoms. The lowest BCUT2D eigenvalue weighted by Crippen LogP contribution is -2.40. The quantitative estimate of drug-likeness (QED) is 0.645. The Kier molecular flexibility index (Phi) is 5.66. The molecule has 78 valence electrons. The molecule has 0 bridgehead atoms. The predicted molar refractivity (Wildman–Crippen MR) is 54.5 cm³/mol. The number of nitrogens with zero attached hydrogens (tertiary/aromatic N) is 2. The van der Waals surface area contributed by atoms with Crippen LogP contribution in [0.1, 0.15) is 13.3 Å². The van der Waals surface area contributed by atoms with Gasteiger partial charge < -0.3 is 15.5 Å². The highest BCUT2D eigenvalue weighted by atomic mass is 16.2. The van der Waals surface area contributed by atoms with Gasteiger partial charge in [-0.25, -0.2) is 0 Å². The second-order valence-corrected chi connectivity index (χ2v) is 3.71. The van der Waals surface area contributed by atoms with Crippen molar-refractivity contribution in [3.8, 4) is 0 Å². The normalized spacial score (nSPS) is 13.1. The maximum atomic E-state index is 11.3. The van der Waals surface area contributed by atoms with Crippen molar-refractivity contribution in [2.45, 2.75) is 19.4 Å². The van der Waals surface area contributed by atoms with Crippen LogP contribution >= 0.6 is 0 Å². The van der Waals surface area contributed by atoms with E-state index in [1.165, 1.54) is 0 Å². The molecule has 0 heterocycles. The minimum atomic E-state index is -0.385. The molecule has 0 aromatic heterocycles. The van der Waals surface area contributed by atoms with Gasteiger partial charge in [-0.3, -0.25) is 4.79 Å². The average Bonchev–Trinajstić information content (AvgIpc) is 2.02. The summed E-state index contributed by atoms with van der Waals surface area (Å²) in [5.41, 5.74) is 5.47. The molecule has 4 heteroatoms. The van der Waals surface area contributed by atoms with Gasteiger partial charge in [0, 0.05) is 13.6 Å². The second kappa shape index (κ2) is 5.94. The Hall–Kier alpha value is -0.610. The van der Waals surface area contributed by atoms with Gasteiger partial charge in [0.2, 0.25) is 5.91 Å². The molecule has 0 aromatic carbocycles. The lowest BCUT2D eigenvalue weighted by atomic mass is 10.3. The third-order valence-corrected chi connectivity index (χ3v) is 1.86. The van der Waals surface area contributed by atoms with Crippen molar-refractivity contribution in [1.82, 2.24) is 9.80 Å². The molecule has 0 aromatic rings. The van der Waals surface area contributed by atoms with Gasteiger partial charge in [-0.1, -0.05) is 0 Å². The van der Waals surface area contributed by atoms with E-state index in [4.69, 9.17) is 5.73 Å². The van der Waals surface area contributed by atoms with E-state index in [0.29, 0.717) is 0 Å². The summed E-state index contributed by atoms with van der Waals surface area (Å²) in [5.74, 6) is 0.0127. The number of carbonyl (C=O) groups excluding carboxylic acids is 1. The molecule has 1 atom stereocenters. The fraction of sp³-hybridized carbons (Fsp3) is 0.889. The molecule has 0 aliphatic carbocycles. The van der Waals surface area contributed by atoms with Gasteiger partial charge in [-0.2, -0.15) is 0 Å². The molecule has 0 radical (unpaired) electrons. The van der Waals surface area contributed by atoms with E-state index in [-0.39, 0.29) is 11.9 Å². The van der Waals surface area contributed by atoms with E-state index in [1.807, 2.05) is 14.1 Å². The Bertz CT molecular complexity index is 157.